The summed E-state index contributed by atoms with van der Waals surface area (Å²) >= 11 is 5.66. The molecule has 0 amide bonds. The number of nitro benzene ring substituents is 1. The summed E-state index contributed by atoms with van der Waals surface area (Å²) in [6.07, 6.45) is 1.35. The first-order valence-electron chi connectivity index (χ1n) is 6.21. The predicted molar refractivity (Wildman–Crippen MR) is 87.8 cm³/mol. The number of hydrogen-bond donors (Lipinski definition) is 2. The quantitative estimate of drug-likeness (QED) is 0.486. The van der Waals surface area contributed by atoms with E-state index < -0.39 is 26.4 Å². The summed E-state index contributed by atoms with van der Waals surface area (Å²) in [4.78, 5) is 10.0. The van der Waals surface area contributed by atoms with Gasteiger partial charge in [0.1, 0.15) is 0 Å². The lowest BCUT2D eigenvalue weighted by Gasteiger charge is -2.08. The molecule has 120 valence electrons. The van der Waals surface area contributed by atoms with Gasteiger partial charge in [-0.2, -0.15) is 0 Å². The maximum absolute atomic E-state index is 12.0. The molecule has 0 saturated heterocycles. The van der Waals surface area contributed by atoms with Gasteiger partial charge in [-0.05, 0) is 11.6 Å². The Hall–Kier alpha value is -2.58. The van der Waals surface area contributed by atoms with Crippen LogP contribution in [0.25, 0.3) is 6.08 Å². The highest BCUT2D eigenvalue weighted by atomic mass is 35.5. The maximum atomic E-state index is 12.0. The van der Waals surface area contributed by atoms with Crippen LogP contribution in [0.3, 0.4) is 0 Å². The number of aromatic hydroxyl groups is 1. The van der Waals surface area contributed by atoms with E-state index in [-0.39, 0.29) is 10.7 Å². The van der Waals surface area contributed by atoms with Crippen LogP contribution >= 0.6 is 11.6 Å². The summed E-state index contributed by atoms with van der Waals surface area (Å²) in [6.45, 7) is 0. The summed E-state index contributed by atoms with van der Waals surface area (Å²) in [5, 5.41) is 21.1. The molecule has 2 rings (SSSR count). The van der Waals surface area contributed by atoms with E-state index in [0.717, 1.165) is 17.5 Å². The molecule has 0 bridgehead atoms. The second kappa shape index (κ2) is 6.67. The summed E-state index contributed by atoms with van der Waals surface area (Å²) in [5.41, 5.74) is -0.168. The summed E-state index contributed by atoms with van der Waals surface area (Å²) in [5.74, 6) is -0.589. The molecule has 0 radical (unpaired) electrons. The molecule has 2 aromatic rings. The van der Waals surface area contributed by atoms with Crippen LogP contribution in [0.1, 0.15) is 5.56 Å². The fraction of sp³-hybridized carbons (Fsp3) is 0. The monoisotopic (exact) mass is 354 g/mol. The van der Waals surface area contributed by atoms with Gasteiger partial charge in [-0.25, -0.2) is 8.42 Å². The van der Waals surface area contributed by atoms with Crippen molar-refractivity contribution in [1.29, 1.82) is 0 Å². The third-order valence-corrected chi connectivity index (χ3v) is 4.04. The van der Waals surface area contributed by atoms with E-state index in [1.165, 1.54) is 6.08 Å². The Labute approximate surface area is 137 Å². The van der Waals surface area contributed by atoms with Crippen molar-refractivity contribution in [3.8, 4) is 5.75 Å². The first-order chi connectivity index (χ1) is 10.8. The van der Waals surface area contributed by atoms with Gasteiger partial charge in [0.15, 0.2) is 5.75 Å². The molecule has 0 atom stereocenters. The fourth-order valence-electron chi connectivity index (χ4n) is 1.69. The number of anilines is 1. The number of rotatable bonds is 5. The lowest BCUT2D eigenvalue weighted by molar-refractivity contribution is -0.384. The van der Waals surface area contributed by atoms with Gasteiger partial charge in [0, 0.05) is 12.1 Å². The second-order valence-corrected chi connectivity index (χ2v) is 6.41. The lowest BCUT2D eigenvalue weighted by Crippen LogP contribution is -2.09. The Morgan fingerprint density at radius 3 is 2.48 bits per heavy atom. The number of nitro groups is 1. The fourth-order valence-corrected chi connectivity index (χ4v) is 2.77. The molecular weight excluding hydrogens is 344 g/mol. The molecule has 0 heterocycles. The van der Waals surface area contributed by atoms with Crippen LogP contribution in [0.15, 0.2) is 47.9 Å². The molecule has 0 fully saturated rings. The molecule has 23 heavy (non-hydrogen) atoms. The van der Waals surface area contributed by atoms with E-state index >= 15 is 0 Å². The Morgan fingerprint density at radius 1 is 1.22 bits per heavy atom. The Balaban J connectivity index is 2.30. The van der Waals surface area contributed by atoms with Crippen molar-refractivity contribution in [2.45, 2.75) is 0 Å². The Kier molecular flexibility index (Phi) is 4.87. The molecule has 0 aromatic heterocycles. The number of non-ortho nitro benzene ring substituents is 1. The lowest BCUT2D eigenvalue weighted by atomic mass is 10.2. The minimum absolute atomic E-state index is 0.330. The van der Waals surface area contributed by atoms with Crippen LogP contribution < -0.4 is 4.72 Å². The average Bonchev–Trinajstić information content (AvgIpc) is 2.50. The highest BCUT2D eigenvalue weighted by Crippen LogP contribution is 2.36. The predicted octanol–water partition coefficient (Wildman–Crippen LogP) is 3.37. The van der Waals surface area contributed by atoms with Crippen LogP contribution in [0.4, 0.5) is 11.4 Å². The molecule has 0 aliphatic rings. The average molecular weight is 355 g/mol. The number of sulfonamides is 1. The van der Waals surface area contributed by atoms with Gasteiger partial charge in [0.05, 0.1) is 21.0 Å². The molecule has 0 unspecified atom stereocenters. The Bertz CT molecular complexity index is 866. The smallest absolute Gasteiger partial charge is 0.273 e. The van der Waals surface area contributed by atoms with Crippen molar-refractivity contribution in [2.75, 3.05) is 4.72 Å². The minimum Gasteiger partial charge on any atom is -0.504 e. The van der Waals surface area contributed by atoms with Crippen molar-refractivity contribution in [1.82, 2.24) is 0 Å². The summed E-state index contributed by atoms with van der Waals surface area (Å²) in [7, 11) is -3.99. The zero-order valence-electron chi connectivity index (χ0n) is 11.5. The zero-order valence-corrected chi connectivity index (χ0v) is 13.1. The van der Waals surface area contributed by atoms with Gasteiger partial charge in [-0.15, -0.1) is 0 Å². The van der Waals surface area contributed by atoms with Crippen LogP contribution in [0.5, 0.6) is 5.75 Å². The van der Waals surface area contributed by atoms with Gasteiger partial charge >= 0.3 is 0 Å². The number of hydrogen-bond acceptors (Lipinski definition) is 5. The molecule has 0 aliphatic heterocycles. The molecule has 9 heteroatoms. The summed E-state index contributed by atoms with van der Waals surface area (Å²) < 4.78 is 26.0. The normalized spacial score (nSPS) is 11.5. The molecule has 0 spiro atoms. The van der Waals surface area contributed by atoms with E-state index in [1.54, 1.807) is 30.3 Å². The molecule has 0 saturated carbocycles. The Morgan fingerprint density at radius 2 is 1.87 bits per heavy atom. The standard InChI is InChI=1S/C14H11ClN2O5S/c15-12-8-11(17(19)20)9-13(14(12)18)16-23(21,22)7-6-10-4-2-1-3-5-10/h1-9,16,18H/b7-6+. The van der Waals surface area contributed by atoms with E-state index in [2.05, 4.69) is 0 Å². The van der Waals surface area contributed by atoms with E-state index in [4.69, 9.17) is 11.6 Å². The largest absolute Gasteiger partial charge is 0.504 e. The van der Waals surface area contributed by atoms with Crippen LogP contribution in [0.2, 0.25) is 5.02 Å². The number of nitrogens with one attached hydrogen (secondary N) is 1. The van der Waals surface area contributed by atoms with E-state index in [9.17, 15) is 23.6 Å². The topological polar surface area (TPSA) is 110 Å². The van der Waals surface area contributed by atoms with E-state index in [1.807, 2.05) is 4.72 Å². The molecule has 2 aromatic carbocycles. The maximum Gasteiger partial charge on any atom is 0.273 e. The number of benzene rings is 2. The van der Waals surface area contributed by atoms with Crippen molar-refractivity contribution in [3.05, 3.63) is 68.6 Å². The van der Waals surface area contributed by atoms with E-state index in [0.29, 0.717) is 5.56 Å². The molecule has 7 nitrogen and oxygen atoms in total. The first kappa shape index (κ1) is 16.8. The number of phenols is 1. The third-order valence-electron chi connectivity index (χ3n) is 2.75. The minimum atomic E-state index is -3.99. The van der Waals surface area contributed by atoms with Crippen molar-refractivity contribution in [3.63, 3.8) is 0 Å². The van der Waals surface area contributed by atoms with Gasteiger partial charge < -0.3 is 5.11 Å². The number of halogens is 1. The first-order valence-corrected chi connectivity index (χ1v) is 8.14. The molecular formula is C14H11ClN2O5S. The van der Waals surface area contributed by atoms with Crippen molar-refractivity contribution < 1.29 is 18.4 Å². The molecule has 2 N–H and O–H groups in total. The van der Waals surface area contributed by atoms with Gasteiger partial charge in [0.2, 0.25) is 0 Å². The number of nitrogens with zero attached hydrogens (tertiary/aromatic N) is 1. The van der Waals surface area contributed by atoms with Gasteiger partial charge in [-0.3, -0.25) is 14.8 Å². The second-order valence-electron chi connectivity index (χ2n) is 4.44. The van der Waals surface area contributed by atoms with Gasteiger partial charge in [0.25, 0.3) is 15.7 Å². The third kappa shape index (κ3) is 4.44. The van der Waals surface area contributed by atoms with Crippen LogP contribution in [-0.2, 0) is 10.0 Å². The number of phenolic OH excluding ortho intramolecular Hbond substituents is 1. The van der Waals surface area contributed by atoms with Crippen LogP contribution in [0, 0.1) is 10.1 Å². The highest BCUT2D eigenvalue weighted by Gasteiger charge is 2.18. The van der Waals surface area contributed by atoms with Crippen molar-refractivity contribution in [2.24, 2.45) is 0 Å². The molecule has 0 aliphatic carbocycles. The zero-order chi connectivity index (χ0) is 17.0. The van der Waals surface area contributed by atoms with Gasteiger partial charge in [-0.1, -0.05) is 41.9 Å². The van der Waals surface area contributed by atoms with Crippen LogP contribution in [-0.4, -0.2) is 18.4 Å². The SMILES string of the molecule is O=[N+]([O-])c1cc(Cl)c(O)c(NS(=O)(=O)/C=C/c2ccccc2)c1. The highest BCUT2D eigenvalue weighted by molar-refractivity contribution is 7.95. The summed E-state index contributed by atoms with van der Waals surface area (Å²) in [6, 6.07) is 10.5. The van der Waals surface area contributed by atoms with Crippen molar-refractivity contribution >= 4 is 39.1 Å².